The number of halogens is 1. The number of nitrogens with zero attached hydrogens (tertiary/aromatic N) is 2. The highest BCUT2D eigenvalue weighted by Gasteiger charge is 2.06. The fourth-order valence-corrected chi connectivity index (χ4v) is 3.69. The summed E-state index contributed by atoms with van der Waals surface area (Å²) in [6, 6.07) is 11.6. The SMILES string of the molecule is Cc1cc2sc(=NC(=O)/C=C/c3ccccc3Cl)n(C)c2cc1C. The number of aromatic nitrogens is 1. The molecule has 24 heavy (non-hydrogen) atoms. The summed E-state index contributed by atoms with van der Waals surface area (Å²) in [7, 11) is 1.93. The van der Waals surface area contributed by atoms with Gasteiger partial charge in [0, 0.05) is 18.1 Å². The van der Waals surface area contributed by atoms with Gasteiger partial charge in [-0.1, -0.05) is 41.1 Å². The highest BCUT2D eigenvalue weighted by atomic mass is 35.5. The van der Waals surface area contributed by atoms with Gasteiger partial charge in [-0.05, 0) is 54.8 Å². The van der Waals surface area contributed by atoms with Gasteiger partial charge in [-0.3, -0.25) is 4.79 Å². The van der Waals surface area contributed by atoms with E-state index in [1.165, 1.54) is 28.5 Å². The lowest BCUT2D eigenvalue weighted by Crippen LogP contribution is -2.12. The Labute approximate surface area is 149 Å². The number of hydrogen-bond donors (Lipinski definition) is 0. The second-order valence-corrected chi connectivity index (χ2v) is 7.07. The molecule has 5 heteroatoms. The maximum atomic E-state index is 12.2. The van der Waals surface area contributed by atoms with Gasteiger partial charge in [-0.15, -0.1) is 0 Å². The second kappa shape index (κ2) is 6.75. The Balaban J connectivity index is 1.96. The average molecular weight is 357 g/mol. The van der Waals surface area contributed by atoms with Crippen LogP contribution in [0.3, 0.4) is 0 Å². The molecule has 0 N–H and O–H groups in total. The number of amides is 1. The van der Waals surface area contributed by atoms with E-state index < -0.39 is 0 Å². The number of aryl methyl sites for hydroxylation is 3. The van der Waals surface area contributed by atoms with Crippen LogP contribution in [0, 0.1) is 13.8 Å². The third-order valence-corrected chi connectivity index (χ3v) is 5.38. The van der Waals surface area contributed by atoms with Crippen molar-refractivity contribution in [2.75, 3.05) is 0 Å². The van der Waals surface area contributed by atoms with Crippen LogP contribution in [0.5, 0.6) is 0 Å². The topological polar surface area (TPSA) is 34.4 Å². The van der Waals surface area contributed by atoms with Gasteiger partial charge in [0.05, 0.1) is 10.2 Å². The fraction of sp³-hybridized carbons (Fsp3) is 0.158. The molecule has 0 bridgehead atoms. The summed E-state index contributed by atoms with van der Waals surface area (Å²) in [6.07, 6.45) is 3.14. The lowest BCUT2D eigenvalue weighted by atomic mass is 10.1. The van der Waals surface area contributed by atoms with E-state index in [-0.39, 0.29) is 5.91 Å². The van der Waals surface area contributed by atoms with Crippen LogP contribution in [0.2, 0.25) is 5.02 Å². The van der Waals surface area contributed by atoms with Crippen molar-refractivity contribution in [2.45, 2.75) is 13.8 Å². The monoisotopic (exact) mass is 356 g/mol. The molecular formula is C19H17ClN2OS. The lowest BCUT2D eigenvalue weighted by Gasteiger charge is -2.00. The van der Waals surface area contributed by atoms with Gasteiger partial charge >= 0.3 is 0 Å². The molecule has 3 nitrogen and oxygen atoms in total. The molecule has 0 unspecified atom stereocenters. The number of carbonyl (C=O) groups excluding carboxylic acids is 1. The molecule has 122 valence electrons. The lowest BCUT2D eigenvalue weighted by molar-refractivity contribution is -0.113. The van der Waals surface area contributed by atoms with Crippen LogP contribution in [0.15, 0.2) is 47.5 Å². The molecule has 0 saturated heterocycles. The highest BCUT2D eigenvalue weighted by Crippen LogP contribution is 2.21. The summed E-state index contributed by atoms with van der Waals surface area (Å²) >= 11 is 7.60. The van der Waals surface area contributed by atoms with Crippen molar-refractivity contribution in [3.63, 3.8) is 0 Å². The Morgan fingerprint density at radius 3 is 2.67 bits per heavy atom. The van der Waals surface area contributed by atoms with Gasteiger partial charge in [0.1, 0.15) is 0 Å². The minimum Gasteiger partial charge on any atom is -0.319 e. The first-order chi connectivity index (χ1) is 11.5. The third-order valence-electron chi connectivity index (χ3n) is 3.94. The predicted octanol–water partition coefficient (Wildman–Crippen LogP) is 4.65. The number of thiazole rings is 1. The Morgan fingerprint density at radius 1 is 1.21 bits per heavy atom. The summed E-state index contributed by atoms with van der Waals surface area (Å²) in [4.78, 5) is 17.1. The van der Waals surface area contributed by atoms with Crippen LogP contribution in [-0.2, 0) is 11.8 Å². The molecule has 0 radical (unpaired) electrons. The molecule has 0 aliphatic heterocycles. The number of benzene rings is 2. The summed E-state index contributed by atoms with van der Waals surface area (Å²) in [5, 5.41) is 0.611. The molecule has 0 spiro atoms. The number of fused-ring (bicyclic) bond motifs is 1. The van der Waals surface area contributed by atoms with Crippen LogP contribution in [0.1, 0.15) is 16.7 Å². The van der Waals surface area contributed by atoms with E-state index in [0.717, 1.165) is 15.8 Å². The maximum absolute atomic E-state index is 12.2. The Hall–Kier alpha value is -2.17. The minimum atomic E-state index is -0.300. The first kappa shape index (κ1) is 16.7. The van der Waals surface area contributed by atoms with Crippen molar-refractivity contribution in [1.82, 2.24) is 4.57 Å². The van der Waals surface area contributed by atoms with E-state index in [4.69, 9.17) is 11.6 Å². The summed E-state index contributed by atoms with van der Waals surface area (Å²) < 4.78 is 3.08. The van der Waals surface area contributed by atoms with E-state index in [1.807, 2.05) is 29.8 Å². The summed E-state index contributed by atoms with van der Waals surface area (Å²) in [5.74, 6) is -0.300. The first-order valence-electron chi connectivity index (χ1n) is 7.54. The number of hydrogen-bond acceptors (Lipinski definition) is 2. The first-order valence-corrected chi connectivity index (χ1v) is 8.73. The van der Waals surface area contributed by atoms with Gasteiger partial charge in [-0.2, -0.15) is 4.99 Å². The molecule has 1 amide bonds. The molecule has 0 aliphatic carbocycles. The third kappa shape index (κ3) is 3.35. The zero-order chi connectivity index (χ0) is 17.3. The van der Waals surface area contributed by atoms with Gasteiger partial charge < -0.3 is 4.57 Å². The quantitative estimate of drug-likeness (QED) is 0.615. The molecule has 0 fully saturated rings. The van der Waals surface area contributed by atoms with Gasteiger partial charge in [-0.25, -0.2) is 0 Å². The molecule has 1 aromatic heterocycles. The van der Waals surface area contributed by atoms with E-state index in [2.05, 4.69) is 31.0 Å². The standard InChI is InChI=1S/C19H17ClN2OS/c1-12-10-16-17(11-13(12)2)24-19(22(16)3)21-18(23)9-8-14-6-4-5-7-15(14)20/h4-11H,1-3H3/b9-8+,21-19?. The highest BCUT2D eigenvalue weighted by molar-refractivity contribution is 7.16. The van der Waals surface area contributed by atoms with Crippen LogP contribution in [-0.4, -0.2) is 10.5 Å². The van der Waals surface area contributed by atoms with Crippen molar-refractivity contribution >= 4 is 45.1 Å². The van der Waals surface area contributed by atoms with Crippen molar-refractivity contribution < 1.29 is 4.79 Å². The van der Waals surface area contributed by atoms with Crippen molar-refractivity contribution in [2.24, 2.45) is 12.0 Å². The molecule has 0 saturated carbocycles. The van der Waals surface area contributed by atoms with Crippen LogP contribution >= 0.6 is 22.9 Å². The van der Waals surface area contributed by atoms with Crippen LogP contribution in [0.4, 0.5) is 0 Å². The Kier molecular flexibility index (Phi) is 4.69. The van der Waals surface area contributed by atoms with Crippen molar-refractivity contribution in [3.8, 4) is 0 Å². The number of carbonyl (C=O) groups is 1. The molecule has 2 aromatic carbocycles. The van der Waals surface area contributed by atoms with Crippen LogP contribution in [0.25, 0.3) is 16.3 Å². The van der Waals surface area contributed by atoms with E-state index in [0.29, 0.717) is 9.82 Å². The molecule has 3 rings (SSSR count). The predicted molar refractivity (Wildman–Crippen MR) is 101 cm³/mol. The van der Waals surface area contributed by atoms with E-state index in [9.17, 15) is 4.79 Å². The Morgan fingerprint density at radius 2 is 1.92 bits per heavy atom. The van der Waals surface area contributed by atoms with Crippen molar-refractivity contribution in [3.05, 3.63) is 69.0 Å². The molecular weight excluding hydrogens is 340 g/mol. The minimum absolute atomic E-state index is 0.300. The van der Waals surface area contributed by atoms with Gasteiger partial charge in [0.2, 0.25) is 0 Å². The average Bonchev–Trinajstić information content (AvgIpc) is 2.83. The van der Waals surface area contributed by atoms with Gasteiger partial charge in [0.25, 0.3) is 5.91 Å². The maximum Gasteiger partial charge on any atom is 0.272 e. The smallest absolute Gasteiger partial charge is 0.272 e. The fourth-order valence-electron chi connectivity index (χ4n) is 2.39. The van der Waals surface area contributed by atoms with Crippen LogP contribution < -0.4 is 4.80 Å². The normalized spacial score (nSPS) is 12.4. The van der Waals surface area contributed by atoms with Crippen molar-refractivity contribution in [1.29, 1.82) is 0 Å². The van der Waals surface area contributed by atoms with Gasteiger partial charge in [0.15, 0.2) is 4.80 Å². The zero-order valence-corrected chi connectivity index (χ0v) is 15.3. The summed E-state index contributed by atoms with van der Waals surface area (Å²) in [6.45, 7) is 4.17. The van der Waals surface area contributed by atoms with E-state index >= 15 is 0 Å². The molecule has 1 heterocycles. The molecule has 0 atom stereocenters. The largest absolute Gasteiger partial charge is 0.319 e. The summed E-state index contributed by atoms with van der Waals surface area (Å²) in [5.41, 5.74) is 4.35. The second-order valence-electron chi connectivity index (χ2n) is 5.65. The molecule has 0 aliphatic rings. The van der Waals surface area contributed by atoms with E-state index in [1.54, 1.807) is 12.1 Å². The zero-order valence-electron chi connectivity index (χ0n) is 13.7. The Bertz CT molecular complexity index is 1030. The number of rotatable bonds is 2. The molecule has 3 aromatic rings.